The van der Waals surface area contributed by atoms with Gasteiger partial charge in [0.25, 0.3) is 5.91 Å². The third-order valence-electron chi connectivity index (χ3n) is 4.60. The van der Waals surface area contributed by atoms with E-state index in [-0.39, 0.29) is 32.5 Å². The summed E-state index contributed by atoms with van der Waals surface area (Å²) < 4.78 is 11.7. The molecule has 0 spiro atoms. The van der Waals surface area contributed by atoms with Crippen LogP contribution in [0.15, 0.2) is 24.3 Å². The Morgan fingerprint density at radius 3 is 2.41 bits per heavy atom. The van der Waals surface area contributed by atoms with Gasteiger partial charge in [-0.3, -0.25) is 9.80 Å². The fraction of sp³-hybridized carbons (Fsp3) is 0.550. The number of hydrogen-bond donors (Lipinski definition) is 2. The highest BCUT2D eigenvalue weighted by Gasteiger charge is 2.45. The average molecular weight is 517 g/mol. The van der Waals surface area contributed by atoms with Crippen molar-refractivity contribution in [3.05, 3.63) is 33.4 Å². The second-order valence-electron chi connectivity index (χ2n) is 8.07. The number of benzene rings is 1. The lowest BCUT2D eigenvalue weighted by Crippen LogP contribution is -2.65. The maximum absolute atomic E-state index is 13.3. The highest BCUT2D eigenvalue weighted by Crippen LogP contribution is 2.25. The van der Waals surface area contributed by atoms with E-state index in [4.69, 9.17) is 15.3 Å². The summed E-state index contributed by atoms with van der Waals surface area (Å²) in [5, 5.41) is 3.61. The lowest BCUT2D eigenvalue weighted by atomic mass is 9.88. The van der Waals surface area contributed by atoms with Crippen molar-refractivity contribution in [3.8, 4) is 0 Å². The van der Waals surface area contributed by atoms with Crippen LogP contribution in [0.3, 0.4) is 0 Å². The van der Waals surface area contributed by atoms with E-state index in [1.807, 2.05) is 24.3 Å². The SMILES string of the molecule is CC(C)(C)OC(=O)NC1(C(=O)N(N)[C@H](C=O)Cc2ccc(I)cc2)CCOCC1. The van der Waals surface area contributed by atoms with Gasteiger partial charge >= 0.3 is 6.09 Å². The lowest BCUT2D eigenvalue weighted by Gasteiger charge is -2.40. The smallest absolute Gasteiger partial charge is 0.408 e. The first-order chi connectivity index (χ1) is 13.6. The zero-order valence-electron chi connectivity index (χ0n) is 16.9. The topological polar surface area (TPSA) is 111 Å². The van der Waals surface area contributed by atoms with Crippen molar-refractivity contribution >= 4 is 40.9 Å². The van der Waals surface area contributed by atoms with Crippen molar-refractivity contribution in [2.24, 2.45) is 5.84 Å². The second-order valence-corrected chi connectivity index (χ2v) is 9.31. The molecule has 0 aromatic heterocycles. The first-order valence-electron chi connectivity index (χ1n) is 9.43. The molecule has 3 N–H and O–H groups in total. The molecular formula is C20H28IN3O5. The van der Waals surface area contributed by atoms with Gasteiger partial charge in [0, 0.05) is 36.0 Å². The third kappa shape index (κ3) is 6.65. The Labute approximate surface area is 184 Å². The molecule has 0 bridgehead atoms. The average Bonchev–Trinajstić information content (AvgIpc) is 2.65. The molecule has 0 radical (unpaired) electrons. The van der Waals surface area contributed by atoms with E-state index in [2.05, 4.69) is 27.9 Å². The van der Waals surface area contributed by atoms with Crippen LogP contribution in [0.1, 0.15) is 39.2 Å². The van der Waals surface area contributed by atoms with Crippen LogP contribution in [0.5, 0.6) is 0 Å². The molecule has 0 saturated carbocycles. The van der Waals surface area contributed by atoms with Crippen LogP contribution in [-0.2, 0) is 25.5 Å². The Morgan fingerprint density at radius 1 is 1.31 bits per heavy atom. The number of amides is 2. The van der Waals surface area contributed by atoms with Crippen LogP contribution in [-0.4, -0.2) is 53.7 Å². The quantitative estimate of drug-likeness (QED) is 0.197. The van der Waals surface area contributed by atoms with Gasteiger partial charge in [-0.05, 0) is 61.1 Å². The Hall–Kier alpha value is -1.72. The molecule has 160 valence electrons. The summed E-state index contributed by atoms with van der Waals surface area (Å²) >= 11 is 2.19. The molecule has 0 aliphatic carbocycles. The zero-order chi connectivity index (χ0) is 21.7. The number of hydrogen-bond acceptors (Lipinski definition) is 6. The Morgan fingerprint density at radius 2 is 1.90 bits per heavy atom. The molecule has 1 aliphatic rings. The van der Waals surface area contributed by atoms with Crippen molar-refractivity contribution in [2.45, 2.75) is 57.2 Å². The number of carbonyl (C=O) groups is 3. The number of nitrogens with one attached hydrogen (secondary N) is 1. The number of nitrogens with zero attached hydrogens (tertiary/aromatic N) is 1. The molecule has 1 atom stereocenters. The second kappa shape index (κ2) is 9.86. The van der Waals surface area contributed by atoms with E-state index in [0.717, 1.165) is 14.1 Å². The predicted molar refractivity (Wildman–Crippen MR) is 116 cm³/mol. The number of hydrazine groups is 1. The monoisotopic (exact) mass is 517 g/mol. The highest BCUT2D eigenvalue weighted by molar-refractivity contribution is 14.1. The maximum Gasteiger partial charge on any atom is 0.408 e. The van der Waals surface area contributed by atoms with Gasteiger partial charge in [-0.25, -0.2) is 10.6 Å². The molecule has 8 nitrogen and oxygen atoms in total. The minimum absolute atomic E-state index is 0.244. The molecule has 29 heavy (non-hydrogen) atoms. The summed E-state index contributed by atoms with van der Waals surface area (Å²) in [5.41, 5.74) is -1.10. The molecule has 2 amide bonds. The van der Waals surface area contributed by atoms with Crippen molar-refractivity contribution in [1.29, 1.82) is 0 Å². The number of halogens is 1. The van der Waals surface area contributed by atoms with E-state index in [1.165, 1.54) is 0 Å². The first-order valence-corrected chi connectivity index (χ1v) is 10.5. The fourth-order valence-electron chi connectivity index (χ4n) is 3.08. The van der Waals surface area contributed by atoms with E-state index < -0.39 is 29.2 Å². The van der Waals surface area contributed by atoms with Gasteiger partial charge in [-0.1, -0.05) is 12.1 Å². The zero-order valence-corrected chi connectivity index (χ0v) is 19.1. The van der Waals surface area contributed by atoms with Gasteiger partial charge in [0.2, 0.25) is 0 Å². The van der Waals surface area contributed by atoms with Gasteiger partial charge in [0.05, 0.1) is 0 Å². The highest BCUT2D eigenvalue weighted by atomic mass is 127. The summed E-state index contributed by atoms with van der Waals surface area (Å²) in [6.07, 6.45) is 0.709. The number of alkyl carbamates (subject to hydrolysis) is 1. The van der Waals surface area contributed by atoms with E-state index in [0.29, 0.717) is 6.29 Å². The normalized spacial score (nSPS) is 17.1. The molecule has 1 fully saturated rings. The Kier molecular flexibility index (Phi) is 8.01. The molecular weight excluding hydrogens is 489 g/mol. The van der Waals surface area contributed by atoms with Gasteiger partial charge in [-0.2, -0.15) is 0 Å². The third-order valence-corrected chi connectivity index (χ3v) is 5.32. The fourth-order valence-corrected chi connectivity index (χ4v) is 3.44. The summed E-state index contributed by atoms with van der Waals surface area (Å²) in [6.45, 7) is 5.80. The molecule has 1 heterocycles. The minimum Gasteiger partial charge on any atom is -0.444 e. The number of ether oxygens (including phenoxy) is 2. The summed E-state index contributed by atoms with van der Waals surface area (Å²) in [6, 6.07) is 6.76. The van der Waals surface area contributed by atoms with Crippen molar-refractivity contribution in [2.75, 3.05) is 13.2 Å². The first kappa shape index (κ1) is 23.6. The van der Waals surface area contributed by atoms with Crippen LogP contribution in [0.4, 0.5) is 4.79 Å². The van der Waals surface area contributed by atoms with E-state index in [1.54, 1.807) is 20.8 Å². The van der Waals surface area contributed by atoms with Crippen LogP contribution >= 0.6 is 22.6 Å². The molecule has 1 aromatic carbocycles. The van der Waals surface area contributed by atoms with E-state index >= 15 is 0 Å². The van der Waals surface area contributed by atoms with Crippen molar-refractivity contribution in [3.63, 3.8) is 0 Å². The molecule has 1 saturated heterocycles. The number of carbonyl (C=O) groups excluding carboxylic acids is 3. The lowest BCUT2D eigenvalue weighted by molar-refractivity contribution is -0.147. The molecule has 2 rings (SSSR count). The summed E-state index contributed by atoms with van der Waals surface area (Å²) in [5.74, 6) is 5.55. The molecule has 9 heteroatoms. The van der Waals surface area contributed by atoms with Gasteiger partial charge in [0.15, 0.2) is 0 Å². The Bertz CT molecular complexity index is 727. The molecule has 1 aliphatic heterocycles. The number of aldehydes is 1. The Balaban J connectivity index is 2.18. The van der Waals surface area contributed by atoms with Gasteiger partial charge in [-0.15, -0.1) is 0 Å². The van der Waals surface area contributed by atoms with Crippen molar-refractivity contribution in [1.82, 2.24) is 10.3 Å². The molecule has 0 unspecified atom stereocenters. The number of nitrogens with two attached hydrogens (primary N) is 1. The van der Waals surface area contributed by atoms with Crippen LogP contribution in [0.2, 0.25) is 0 Å². The summed E-state index contributed by atoms with van der Waals surface area (Å²) in [4.78, 5) is 37.4. The maximum atomic E-state index is 13.3. The van der Waals surface area contributed by atoms with Crippen molar-refractivity contribution < 1.29 is 23.9 Å². The largest absolute Gasteiger partial charge is 0.444 e. The van der Waals surface area contributed by atoms with E-state index in [9.17, 15) is 14.4 Å². The number of rotatable bonds is 6. The minimum atomic E-state index is -1.28. The van der Waals surface area contributed by atoms with Gasteiger partial charge in [0.1, 0.15) is 23.5 Å². The van der Waals surface area contributed by atoms with Crippen LogP contribution < -0.4 is 11.2 Å². The predicted octanol–water partition coefficient (Wildman–Crippen LogP) is 2.18. The standard InChI is InChI=1S/C20H28IN3O5/c1-19(2,3)29-18(27)23-20(8-10-28-11-9-20)17(26)24(22)16(13-25)12-14-4-6-15(21)7-5-14/h4-7,13,16H,8-12,22H2,1-3H3,(H,23,27)/t16-/m0/s1. The summed E-state index contributed by atoms with van der Waals surface area (Å²) in [7, 11) is 0. The van der Waals surface area contributed by atoms with Crippen LogP contribution in [0.25, 0.3) is 0 Å². The molecule has 1 aromatic rings. The van der Waals surface area contributed by atoms with Crippen LogP contribution in [0, 0.1) is 3.57 Å². The van der Waals surface area contributed by atoms with Gasteiger partial charge < -0.3 is 19.6 Å².